The summed E-state index contributed by atoms with van der Waals surface area (Å²) in [5.74, 6) is -0.626. The van der Waals surface area contributed by atoms with Gasteiger partial charge in [0.25, 0.3) is 5.69 Å². The predicted octanol–water partition coefficient (Wildman–Crippen LogP) is 2.11. The maximum Gasteiger partial charge on any atom is 0.279 e. The Morgan fingerprint density at radius 2 is 2.29 bits per heavy atom. The summed E-state index contributed by atoms with van der Waals surface area (Å²) >= 11 is 0. The van der Waals surface area contributed by atoms with Crippen LogP contribution in [0.4, 0.5) is 10.1 Å². The molecule has 0 atom stereocenters. The molecule has 72 valence electrons. The number of nitriles is 1. The zero-order chi connectivity index (χ0) is 10.7. The summed E-state index contributed by atoms with van der Waals surface area (Å²) in [5, 5.41) is 19.0. The van der Waals surface area contributed by atoms with Gasteiger partial charge in [0.1, 0.15) is 5.82 Å². The Bertz CT molecular complexity index is 424. The molecule has 0 fully saturated rings. The molecule has 0 heterocycles. The van der Waals surface area contributed by atoms with Crippen molar-refractivity contribution in [1.29, 1.82) is 5.26 Å². The number of nitro benzene ring substituents is 1. The summed E-state index contributed by atoms with van der Waals surface area (Å²) in [6.07, 6.45) is -0.0859. The van der Waals surface area contributed by atoms with Crippen molar-refractivity contribution in [2.24, 2.45) is 0 Å². The topological polar surface area (TPSA) is 66.9 Å². The van der Waals surface area contributed by atoms with Gasteiger partial charge in [0.2, 0.25) is 0 Å². The fourth-order valence-electron chi connectivity index (χ4n) is 1.21. The van der Waals surface area contributed by atoms with Gasteiger partial charge in [-0.1, -0.05) is 0 Å². The average molecular weight is 194 g/mol. The average Bonchev–Trinajstić information content (AvgIpc) is 2.11. The molecular formula is C9H7FN2O2. The third-order valence-electron chi connectivity index (χ3n) is 1.90. The lowest BCUT2D eigenvalue weighted by Crippen LogP contribution is -1.99. The third kappa shape index (κ3) is 1.69. The fourth-order valence-corrected chi connectivity index (χ4v) is 1.21. The highest BCUT2D eigenvalue weighted by atomic mass is 19.1. The number of halogens is 1. The van der Waals surface area contributed by atoms with Gasteiger partial charge in [0, 0.05) is 5.56 Å². The number of rotatable bonds is 2. The van der Waals surface area contributed by atoms with Gasteiger partial charge in [0.15, 0.2) is 0 Å². The Labute approximate surface area is 79.7 Å². The van der Waals surface area contributed by atoms with E-state index in [0.29, 0.717) is 0 Å². The van der Waals surface area contributed by atoms with Gasteiger partial charge in [-0.05, 0) is 19.1 Å². The summed E-state index contributed by atoms with van der Waals surface area (Å²) in [5.41, 5.74) is -0.0781. The maximum atomic E-state index is 13.0. The molecule has 1 aromatic rings. The molecule has 0 bridgehead atoms. The van der Waals surface area contributed by atoms with Crippen LogP contribution in [-0.2, 0) is 6.42 Å². The highest BCUT2D eigenvalue weighted by molar-refractivity contribution is 5.48. The lowest BCUT2D eigenvalue weighted by molar-refractivity contribution is -0.386. The lowest BCUT2D eigenvalue weighted by Gasteiger charge is -2.02. The quantitative estimate of drug-likeness (QED) is 0.534. The Kier molecular flexibility index (Phi) is 2.77. The van der Waals surface area contributed by atoms with E-state index in [1.807, 2.05) is 0 Å². The highest BCUT2D eigenvalue weighted by Gasteiger charge is 2.19. The fraction of sp³-hybridized carbons (Fsp3) is 0.222. The summed E-state index contributed by atoms with van der Waals surface area (Å²) in [6, 6.07) is 4.20. The third-order valence-corrected chi connectivity index (χ3v) is 1.90. The number of hydrogen-bond acceptors (Lipinski definition) is 3. The van der Waals surface area contributed by atoms with Crippen molar-refractivity contribution in [3.8, 4) is 6.07 Å². The van der Waals surface area contributed by atoms with Crippen LogP contribution in [0.2, 0.25) is 0 Å². The van der Waals surface area contributed by atoms with E-state index in [0.717, 1.165) is 6.07 Å². The summed E-state index contributed by atoms with van der Waals surface area (Å²) < 4.78 is 13.0. The van der Waals surface area contributed by atoms with E-state index in [9.17, 15) is 14.5 Å². The van der Waals surface area contributed by atoms with Gasteiger partial charge in [-0.25, -0.2) is 4.39 Å². The molecule has 0 aliphatic carbocycles. The van der Waals surface area contributed by atoms with Crippen LogP contribution in [0.1, 0.15) is 11.1 Å². The first kappa shape index (κ1) is 10.1. The molecule has 0 N–H and O–H groups in total. The molecule has 4 nitrogen and oxygen atoms in total. The standard InChI is InChI=1S/C9H7FN2O2/c1-6-8(10)3-2-7(4-5-11)9(6)12(13)14/h2-3H,4H2,1H3. The summed E-state index contributed by atoms with van der Waals surface area (Å²) in [6.45, 7) is 1.33. The second kappa shape index (κ2) is 3.83. The second-order valence-electron chi connectivity index (χ2n) is 2.77. The molecule has 0 aromatic heterocycles. The molecule has 0 radical (unpaired) electrons. The molecule has 0 saturated heterocycles. The SMILES string of the molecule is Cc1c(F)ccc(CC#N)c1[N+](=O)[O-]. The van der Waals surface area contributed by atoms with Crippen molar-refractivity contribution in [1.82, 2.24) is 0 Å². The molecule has 1 aromatic carbocycles. The van der Waals surface area contributed by atoms with E-state index < -0.39 is 10.7 Å². The van der Waals surface area contributed by atoms with E-state index in [4.69, 9.17) is 5.26 Å². The molecule has 1 rings (SSSR count). The monoisotopic (exact) mass is 194 g/mol. The zero-order valence-corrected chi connectivity index (χ0v) is 7.45. The molecule has 0 aliphatic heterocycles. The number of benzene rings is 1. The van der Waals surface area contributed by atoms with Crippen molar-refractivity contribution in [2.45, 2.75) is 13.3 Å². The molecule has 0 spiro atoms. The van der Waals surface area contributed by atoms with Gasteiger partial charge in [-0.15, -0.1) is 0 Å². The molecule has 14 heavy (non-hydrogen) atoms. The highest BCUT2D eigenvalue weighted by Crippen LogP contribution is 2.25. The number of hydrogen-bond donors (Lipinski definition) is 0. The second-order valence-corrected chi connectivity index (χ2v) is 2.77. The first-order valence-electron chi connectivity index (χ1n) is 3.87. The number of nitro groups is 1. The van der Waals surface area contributed by atoms with Crippen LogP contribution < -0.4 is 0 Å². The van der Waals surface area contributed by atoms with E-state index >= 15 is 0 Å². The van der Waals surface area contributed by atoms with E-state index in [1.165, 1.54) is 13.0 Å². The van der Waals surface area contributed by atoms with Crippen molar-refractivity contribution in [3.05, 3.63) is 39.2 Å². The first-order valence-corrected chi connectivity index (χ1v) is 3.87. The largest absolute Gasteiger partial charge is 0.279 e. The van der Waals surface area contributed by atoms with Gasteiger partial charge in [0.05, 0.1) is 23.0 Å². The van der Waals surface area contributed by atoms with Crippen LogP contribution in [0.25, 0.3) is 0 Å². The Hall–Kier alpha value is -1.96. The van der Waals surface area contributed by atoms with Crippen LogP contribution in [0.5, 0.6) is 0 Å². The van der Waals surface area contributed by atoms with Crippen LogP contribution in [-0.4, -0.2) is 4.92 Å². The van der Waals surface area contributed by atoms with Gasteiger partial charge >= 0.3 is 0 Å². The normalized spacial score (nSPS) is 9.50. The molecule has 5 heteroatoms. The maximum absolute atomic E-state index is 13.0. The van der Waals surface area contributed by atoms with E-state index in [1.54, 1.807) is 6.07 Å². The van der Waals surface area contributed by atoms with Crippen molar-refractivity contribution in [3.63, 3.8) is 0 Å². The lowest BCUT2D eigenvalue weighted by atomic mass is 10.1. The van der Waals surface area contributed by atoms with E-state index in [-0.39, 0.29) is 23.2 Å². The van der Waals surface area contributed by atoms with Crippen molar-refractivity contribution >= 4 is 5.69 Å². The van der Waals surface area contributed by atoms with Gasteiger partial charge in [-0.2, -0.15) is 5.26 Å². The van der Waals surface area contributed by atoms with Crippen LogP contribution in [0.15, 0.2) is 12.1 Å². The van der Waals surface area contributed by atoms with E-state index in [2.05, 4.69) is 0 Å². The first-order chi connectivity index (χ1) is 6.57. The zero-order valence-electron chi connectivity index (χ0n) is 7.45. The van der Waals surface area contributed by atoms with Crippen LogP contribution in [0.3, 0.4) is 0 Å². The summed E-state index contributed by atoms with van der Waals surface area (Å²) in [4.78, 5) is 9.94. The molecule has 0 aliphatic rings. The Balaban J connectivity index is 3.39. The Morgan fingerprint density at radius 1 is 1.64 bits per heavy atom. The smallest absolute Gasteiger partial charge is 0.258 e. The van der Waals surface area contributed by atoms with Crippen molar-refractivity contribution < 1.29 is 9.31 Å². The number of nitrogens with zero attached hydrogens (tertiary/aromatic N) is 2. The predicted molar refractivity (Wildman–Crippen MR) is 47.1 cm³/mol. The summed E-state index contributed by atoms with van der Waals surface area (Å²) in [7, 11) is 0. The van der Waals surface area contributed by atoms with Crippen LogP contribution >= 0.6 is 0 Å². The minimum absolute atomic E-state index is 0.0252. The molecule has 0 unspecified atom stereocenters. The van der Waals surface area contributed by atoms with Crippen LogP contribution in [0, 0.1) is 34.2 Å². The molecule has 0 amide bonds. The molecule has 0 saturated carbocycles. The Morgan fingerprint density at radius 3 is 2.79 bits per heavy atom. The van der Waals surface area contributed by atoms with Gasteiger partial charge in [-0.3, -0.25) is 10.1 Å². The van der Waals surface area contributed by atoms with Gasteiger partial charge < -0.3 is 0 Å². The molecular weight excluding hydrogens is 187 g/mol. The minimum atomic E-state index is -0.662. The minimum Gasteiger partial charge on any atom is -0.258 e. The van der Waals surface area contributed by atoms with Crippen molar-refractivity contribution in [2.75, 3.05) is 0 Å².